The van der Waals surface area contributed by atoms with Gasteiger partial charge in [0, 0.05) is 0 Å². The first-order chi connectivity index (χ1) is 17.0. The molecule has 0 atom stereocenters. The molecule has 184 valence electrons. The maximum Gasteiger partial charge on any atom is 0.353 e. The van der Waals surface area contributed by atoms with Crippen molar-refractivity contribution >= 4 is 39.7 Å². The van der Waals surface area contributed by atoms with Crippen LogP contribution in [0.15, 0.2) is 54.8 Å². The monoisotopic (exact) mass is 494 g/mol. The zero-order valence-electron chi connectivity index (χ0n) is 18.7. The predicted molar refractivity (Wildman–Crippen MR) is 124 cm³/mol. The molecule has 0 fully saturated rings. The zero-order chi connectivity index (χ0) is 26.3. The zero-order valence-corrected chi connectivity index (χ0v) is 18.7. The van der Waals surface area contributed by atoms with Crippen molar-refractivity contribution < 1.29 is 38.5 Å². The molecule has 0 unspecified atom stereocenters. The van der Waals surface area contributed by atoms with Crippen molar-refractivity contribution in [2.45, 2.75) is 20.0 Å². The first-order valence-corrected chi connectivity index (χ1v) is 10.4. The second-order valence-electron chi connectivity index (χ2n) is 7.94. The van der Waals surface area contributed by atoms with Gasteiger partial charge in [-0.1, -0.05) is 12.1 Å². The Balaban J connectivity index is 1.66. The second kappa shape index (κ2) is 8.91. The van der Waals surface area contributed by atoms with Crippen LogP contribution >= 0.6 is 0 Å². The van der Waals surface area contributed by atoms with Crippen LogP contribution in [-0.4, -0.2) is 39.3 Å². The summed E-state index contributed by atoms with van der Waals surface area (Å²) in [6, 6.07) is 8.90. The lowest BCUT2D eigenvalue weighted by Gasteiger charge is -2.16. The quantitative estimate of drug-likeness (QED) is 0.200. The highest BCUT2D eigenvalue weighted by Gasteiger charge is 2.30. The maximum atomic E-state index is 12.7. The third kappa shape index (κ3) is 4.22. The van der Waals surface area contributed by atoms with Crippen LogP contribution in [0.25, 0.3) is 21.9 Å². The van der Waals surface area contributed by atoms with Gasteiger partial charge in [-0.05, 0) is 49.2 Å². The smallest absolute Gasteiger partial charge is 0.353 e. The normalized spacial score (nSPS) is 11.1. The lowest BCUT2D eigenvalue weighted by atomic mass is 10.1. The largest absolute Gasteiger partial charge is 0.506 e. The summed E-state index contributed by atoms with van der Waals surface area (Å²) in [6.45, 7) is 3.43. The van der Waals surface area contributed by atoms with Crippen LogP contribution in [0.5, 0.6) is 11.5 Å². The number of carbonyl (C=O) groups excluding carboxylic acids is 2. The number of carbonyl (C=O) groups is 3. The van der Waals surface area contributed by atoms with Crippen LogP contribution in [0.1, 0.15) is 31.8 Å². The molecule has 0 saturated carbocycles. The molecule has 2 heterocycles. The molecule has 4 rings (SSSR count). The molecule has 0 aliphatic carbocycles. The summed E-state index contributed by atoms with van der Waals surface area (Å²) in [5.74, 6) is -6.03. The van der Waals surface area contributed by atoms with Crippen molar-refractivity contribution in [1.82, 2.24) is 10.6 Å². The number of aliphatic carboxylic acids is 1. The van der Waals surface area contributed by atoms with Crippen molar-refractivity contribution in [3.63, 3.8) is 0 Å². The number of amides is 2. The molecule has 5 N–H and O–H groups in total. The van der Waals surface area contributed by atoms with E-state index in [2.05, 4.69) is 0 Å². The molecule has 2 amide bonds. The number of hydrogen-bond donors (Lipinski definition) is 5. The summed E-state index contributed by atoms with van der Waals surface area (Å²) in [5, 5.41) is 34.2. The predicted octanol–water partition coefficient (Wildman–Crippen LogP) is 1.50. The fourth-order valence-electron chi connectivity index (χ4n) is 3.55. The van der Waals surface area contributed by atoms with Crippen molar-refractivity contribution in [3.05, 3.63) is 79.5 Å². The molecular formula is C24H18N2O10. The molecule has 12 heteroatoms. The van der Waals surface area contributed by atoms with Crippen LogP contribution < -0.4 is 21.9 Å². The number of hydrogen-bond acceptors (Lipinski definition) is 9. The molecular weight excluding hydrogens is 476 g/mol. The summed E-state index contributed by atoms with van der Waals surface area (Å²) in [7, 11) is 0. The first kappa shape index (κ1) is 24.0. The van der Waals surface area contributed by atoms with Crippen molar-refractivity contribution in [2.75, 3.05) is 0 Å². The Bertz CT molecular complexity index is 1580. The molecule has 0 aliphatic rings. The molecule has 0 radical (unpaired) electrons. The molecule has 12 nitrogen and oxygen atoms in total. The van der Waals surface area contributed by atoms with E-state index in [4.69, 9.17) is 8.83 Å². The topological polar surface area (TPSA) is 196 Å². The summed E-state index contributed by atoms with van der Waals surface area (Å²) >= 11 is 0. The Morgan fingerprint density at radius 3 is 1.50 bits per heavy atom. The van der Waals surface area contributed by atoms with Gasteiger partial charge in [0.2, 0.25) is 6.17 Å². The minimum Gasteiger partial charge on any atom is -0.506 e. The second-order valence-corrected chi connectivity index (χ2v) is 7.94. The number of aromatic hydroxyl groups is 2. The van der Waals surface area contributed by atoms with E-state index in [-0.39, 0.29) is 21.9 Å². The van der Waals surface area contributed by atoms with E-state index in [0.29, 0.717) is 11.1 Å². The SMILES string of the molecule is Cc1ccc2c(O)c(C(=O)NC(NC(=O)c3c(O)c4ccc(C)cc4oc3=O)C(=O)O)c(=O)oc2c1. The van der Waals surface area contributed by atoms with Crippen LogP contribution in [0.4, 0.5) is 0 Å². The molecule has 0 spiro atoms. The van der Waals surface area contributed by atoms with E-state index in [1.54, 1.807) is 26.0 Å². The molecule has 4 aromatic rings. The average molecular weight is 494 g/mol. The van der Waals surface area contributed by atoms with E-state index in [9.17, 15) is 39.3 Å². The lowest BCUT2D eigenvalue weighted by Crippen LogP contribution is -2.53. The number of benzene rings is 2. The summed E-state index contributed by atoms with van der Waals surface area (Å²) < 4.78 is 10.1. The number of carboxylic acid groups (broad SMARTS) is 1. The van der Waals surface area contributed by atoms with E-state index in [1.807, 2.05) is 10.6 Å². The number of aryl methyl sites for hydroxylation is 2. The van der Waals surface area contributed by atoms with Gasteiger partial charge >= 0.3 is 17.2 Å². The maximum absolute atomic E-state index is 12.7. The number of fused-ring (bicyclic) bond motifs is 2. The van der Waals surface area contributed by atoms with Gasteiger partial charge in [0.15, 0.2) is 11.1 Å². The Hall–Kier alpha value is -5.13. The Morgan fingerprint density at radius 1 is 0.750 bits per heavy atom. The van der Waals surface area contributed by atoms with Crippen LogP contribution in [0.3, 0.4) is 0 Å². The standard InChI is InChI=1S/C24H18N2O10/c1-9-3-5-11-13(7-9)35-23(33)15(17(11)27)20(29)25-19(22(31)32)26-21(30)16-18(28)12-6-4-10(2)8-14(12)36-24(16)34/h3-8,19,27-28H,1-2H3,(H,25,29)(H,26,30)(H,31,32). The van der Waals surface area contributed by atoms with Gasteiger partial charge < -0.3 is 34.8 Å². The minimum atomic E-state index is -2.18. The van der Waals surface area contributed by atoms with E-state index in [1.165, 1.54) is 24.3 Å². The first-order valence-electron chi connectivity index (χ1n) is 10.4. The van der Waals surface area contributed by atoms with Crippen molar-refractivity contribution in [2.24, 2.45) is 0 Å². The van der Waals surface area contributed by atoms with Crippen LogP contribution in [0.2, 0.25) is 0 Å². The third-order valence-corrected chi connectivity index (χ3v) is 5.32. The highest BCUT2D eigenvalue weighted by atomic mass is 16.4. The van der Waals surface area contributed by atoms with Gasteiger partial charge in [0.05, 0.1) is 10.8 Å². The van der Waals surface area contributed by atoms with Gasteiger partial charge in [-0.15, -0.1) is 0 Å². The van der Waals surface area contributed by atoms with E-state index in [0.717, 1.165) is 0 Å². The van der Waals surface area contributed by atoms with Crippen molar-refractivity contribution in [3.8, 4) is 11.5 Å². The average Bonchev–Trinajstić information content (AvgIpc) is 2.77. The molecule has 0 aliphatic heterocycles. The Labute approximate surface area is 200 Å². The molecule has 2 aromatic carbocycles. The molecule has 0 saturated heterocycles. The van der Waals surface area contributed by atoms with Gasteiger partial charge in [0.1, 0.15) is 22.7 Å². The van der Waals surface area contributed by atoms with Gasteiger partial charge in [-0.2, -0.15) is 0 Å². The molecule has 36 heavy (non-hydrogen) atoms. The number of carboxylic acids is 1. The molecule has 0 bridgehead atoms. The third-order valence-electron chi connectivity index (χ3n) is 5.32. The summed E-state index contributed by atoms with van der Waals surface area (Å²) in [4.78, 5) is 61.8. The fraction of sp³-hybridized carbons (Fsp3) is 0.125. The minimum absolute atomic E-state index is 0.00540. The molecule has 2 aromatic heterocycles. The highest BCUT2D eigenvalue weighted by molar-refractivity contribution is 6.05. The van der Waals surface area contributed by atoms with Crippen molar-refractivity contribution in [1.29, 1.82) is 0 Å². The summed E-state index contributed by atoms with van der Waals surface area (Å²) in [6.07, 6.45) is -2.18. The van der Waals surface area contributed by atoms with E-state index < -0.39 is 57.8 Å². The lowest BCUT2D eigenvalue weighted by molar-refractivity contribution is -0.139. The highest BCUT2D eigenvalue weighted by Crippen LogP contribution is 2.28. The Kier molecular flexibility index (Phi) is 5.94. The van der Waals surface area contributed by atoms with E-state index >= 15 is 0 Å². The van der Waals surface area contributed by atoms with Gasteiger partial charge in [0.25, 0.3) is 11.8 Å². The van der Waals surface area contributed by atoms with Gasteiger partial charge in [-0.3, -0.25) is 9.59 Å². The van der Waals surface area contributed by atoms with Gasteiger partial charge in [-0.25, -0.2) is 14.4 Å². The summed E-state index contributed by atoms with van der Waals surface area (Å²) in [5.41, 5.74) is -2.84. The van der Waals surface area contributed by atoms with Crippen LogP contribution in [0, 0.1) is 13.8 Å². The van der Waals surface area contributed by atoms with Crippen LogP contribution in [-0.2, 0) is 4.79 Å². The number of rotatable bonds is 5. The Morgan fingerprint density at radius 2 is 1.14 bits per heavy atom. The number of nitrogens with one attached hydrogen (secondary N) is 2. The fourth-order valence-corrected chi connectivity index (χ4v) is 3.55.